The van der Waals surface area contributed by atoms with Crippen LogP contribution in [0.2, 0.25) is 10.0 Å². The van der Waals surface area contributed by atoms with Crippen LogP contribution in [0.4, 0.5) is 4.39 Å². The quantitative estimate of drug-likeness (QED) is 0.440. The van der Waals surface area contributed by atoms with E-state index in [2.05, 4.69) is 10.2 Å². The summed E-state index contributed by atoms with van der Waals surface area (Å²) in [7, 11) is 0. The Hall–Kier alpha value is -1.76. The average molecular weight is 426 g/mol. The van der Waals surface area contributed by atoms with Gasteiger partial charge in [0.25, 0.3) is 0 Å². The Morgan fingerprint density at radius 3 is 2.67 bits per heavy atom. The van der Waals surface area contributed by atoms with Crippen molar-refractivity contribution in [1.29, 1.82) is 0 Å². The van der Waals surface area contributed by atoms with Crippen molar-refractivity contribution in [3.8, 4) is 5.75 Å². The average Bonchev–Trinajstić information content (AvgIpc) is 3.03. The summed E-state index contributed by atoms with van der Waals surface area (Å²) in [6, 6.07) is 10.0. The van der Waals surface area contributed by atoms with Gasteiger partial charge in [-0.15, -0.1) is 10.2 Å². The number of rotatable bonds is 7. The number of aryl methyl sites for hydroxylation is 1. The van der Waals surface area contributed by atoms with E-state index in [-0.39, 0.29) is 12.4 Å². The van der Waals surface area contributed by atoms with Crippen LogP contribution >= 0.6 is 35.0 Å². The van der Waals surface area contributed by atoms with E-state index in [1.807, 2.05) is 36.6 Å². The van der Waals surface area contributed by atoms with Crippen molar-refractivity contribution in [1.82, 2.24) is 14.8 Å². The summed E-state index contributed by atoms with van der Waals surface area (Å²) < 4.78 is 21.0. The van der Waals surface area contributed by atoms with Crippen molar-refractivity contribution >= 4 is 35.0 Å². The Morgan fingerprint density at radius 1 is 1.11 bits per heavy atom. The van der Waals surface area contributed by atoms with Crippen LogP contribution in [0.1, 0.15) is 23.9 Å². The number of hydrogen-bond donors (Lipinski definition) is 0. The lowest BCUT2D eigenvalue weighted by atomic mass is 10.2. The van der Waals surface area contributed by atoms with Crippen molar-refractivity contribution in [2.45, 2.75) is 37.9 Å². The molecule has 0 unspecified atom stereocenters. The SMILES string of the molecule is CCn1c(COc2cc(C)ccc2Cl)nnc1SCc1ccc(F)cc1Cl. The van der Waals surface area contributed by atoms with Gasteiger partial charge in [-0.25, -0.2) is 4.39 Å². The Labute approximate surface area is 171 Å². The standard InChI is InChI=1S/C19H18Cl2FN3OS/c1-3-25-18(10-26-17-8-12(2)4-7-15(17)20)23-24-19(25)27-11-13-5-6-14(22)9-16(13)21/h4-9H,3,10-11H2,1-2H3. The molecule has 0 aliphatic heterocycles. The van der Waals surface area contributed by atoms with E-state index in [0.717, 1.165) is 16.3 Å². The molecule has 27 heavy (non-hydrogen) atoms. The van der Waals surface area contributed by atoms with E-state index in [1.165, 1.54) is 23.9 Å². The summed E-state index contributed by atoms with van der Waals surface area (Å²) in [4.78, 5) is 0. The maximum atomic E-state index is 13.2. The fourth-order valence-electron chi connectivity index (χ4n) is 2.49. The molecule has 0 bridgehead atoms. The molecule has 142 valence electrons. The molecule has 3 rings (SSSR count). The third-order valence-corrected chi connectivity index (χ3v) is 5.60. The summed E-state index contributed by atoms with van der Waals surface area (Å²) in [5.74, 6) is 1.55. The van der Waals surface area contributed by atoms with Crippen molar-refractivity contribution in [2.24, 2.45) is 0 Å². The van der Waals surface area contributed by atoms with Crippen LogP contribution in [0.5, 0.6) is 5.75 Å². The summed E-state index contributed by atoms with van der Waals surface area (Å²) >= 11 is 13.8. The first-order valence-corrected chi connectivity index (χ1v) is 10.1. The zero-order chi connectivity index (χ0) is 19.4. The van der Waals surface area contributed by atoms with Gasteiger partial charge in [0.1, 0.15) is 18.2 Å². The molecule has 1 heterocycles. The molecular weight excluding hydrogens is 408 g/mol. The van der Waals surface area contributed by atoms with Crippen LogP contribution in [0, 0.1) is 12.7 Å². The Morgan fingerprint density at radius 2 is 1.93 bits per heavy atom. The lowest BCUT2D eigenvalue weighted by molar-refractivity contribution is 0.288. The van der Waals surface area contributed by atoms with Gasteiger partial charge in [-0.3, -0.25) is 0 Å². The molecular formula is C19H18Cl2FN3OS. The molecule has 8 heteroatoms. The normalized spacial score (nSPS) is 11.0. The van der Waals surface area contributed by atoms with Gasteiger partial charge < -0.3 is 9.30 Å². The first kappa shape index (κ1) is 20.0. The Bertz CT molecular complexity index is 949. The van der Waals surface area contributed by atoms with Gasteiger partial charge in [-0.2, -0.15) is 0 Å². The van der Waals surface area contributed by atoms with Crippen LogP contribution < -0.4 is 4.74 Å². The van der Waals surface area contributed by atoms with Crippen molar-refractivity contribution in [3.63, 3.8) is 0 Å². The highest BCUT2D eigenvalue weighted by atomic mass is 35.5. The summed E-state index contributed by atoms with van der Waals surface area (Å²) in [5.41, 5.74) is 1.91. The number of aromatic nitrogens is 3. The molecule has 0 fully saturated rings. The second-order valence-corrected chi connectivity index (χ2v) is 7.65. The van der Waals surface area contributed by atoms with Crippen LogP contribution in [-0.2, 0) is 18.9 Å². The van der Waals surface area contributed by atoms with Crippen LogP contribution in [0.15, 0.2) is 41.6 Å². The lowest BCUT2D eigenvalue weighted by Crippen LogP contribution is -2.07. The van der Waals surface area contributed by atoms with Crippen molar-refractivity contribution in [3.05, 3.63) is 69.2 Å². The minimum absolute atomic E-state index is 0.266. The predicted molar refractivity (Wildman–Crippen MR) is 107 cm³/mol. The van der Waals surface area contributed by atoms with E-state index in [0.29, 0.717) is 33.9 Å². The van der Waals surface area contributed by atoms with Gasteiger partial charge in [-0.05, 0) is 49.2 Å². The monoisotopic (exact) mass is 425 g/mol. The van der Waals surface area contributed by atoms with Crippen LogP contribution in [-0.4, -0.2) is 14.8 Å². The zero-order valence-corrected chi connectivity index (χ0v) is 17.2. The number of nitrogens with zero attached hydrogens (tertiary/aromatic N) is 3. The molecule has 1 aromatic heterocycles. The minimum atomic E-state index is -0.347. The van der Waals surface area contributed by atoms with Gasteiger partial charge in [-0.1, -0.05) is 47.1 Å². The fourth-order valence-corrected chi connectivity index (χ4v) is 4.01. The molecule has 0 saturated carbocycles. The lowest BCUT2D eigenvalue weighted by Gasteiger charge is -2.10. The van der Waals surface area contributed by atoms with E-state index in [4.69, 9.17) is 27.9 Å². The van der Waals surface area contributed by atoms with Gasteiger partial charge in [0.2, 0.25) is 0 Å². The van der Waals surface area contributed by atoms with Crippen LogP contribution in [0.25, 0.3) is 0 Å². The third-order valence-electron chi connectivity index (χ3n) is 3.93. The molecule has 0 atom stereocenters. The predicted octanol–water partition coefficient (Wildman–Crippen LogP) is 5.92. The molecule has 0 radical (unpaired) electrons. The maximum absolute atomic E-state index is 13.2. The molecule has 0 N–H and O–H groups in total. The highest BCUT2D eigenvalue weighted by molar-refractivity contribution is 7.98. The third kappa shape index (κ3) is 4.94. The van der Waals surface area contributed by atoms with Crippen LogP contribution in [0.3, 0.4) is 0 Å². The highest BCUT2D eigenvalue weighted by Crippen LogP contribution is 2.28. The summed E-state index contributed by atoms with van der Waals surface area (Å²) in [6.07, 6.45) is 0. The molecule has 0 aliphatic carbocycles. The van der Waals surface area contributed by atoms with E-state index < -0.39 is 0 Å². The maximum Gasteiger partial charge on any atom is 0.191 e. The van der Waals surface area contributed by atoms with E-state index in [1.54, 1.807) is 6.07 Å². The summed E-state index contributed by atoms with van der Waals surface area (Å²) in [6.45, 7) is 4.96. The smallest absolute Gasteiger partial charge is 0.191 e. The van der Waals surface area contributed by atoms with Crippen molar-refractivity contribution in [2.75, 3.05) is 0 Å². The second kappa shape index (κ2) is 8.95. The molecule has 0 aliphatic rings. The molecule has 2 aromatic carbocycles. The van der Waals surface area contributed by atoms with E-state index >= 15 is 0 Å². The number of ether oxygens (including phenoxy) is 1. The molecule has 3 aromatic rings. The van der Waals surface area contributed by atoms with Crippen molar-refractivity contribution < 1.29 is 9.13 Å². The number of hydrogen-bond acceptors (Lipinski definition) is 4. The largest absolute Gasteiger partial charge is 0.484 e. The van der Waals surface area contributed by atoms with Gasteiger partial charge >= 0.3 is 0 Å². The molecule has 0 spiro atoms. The topological polar surface area (TPSA) is 39.9 Å². The van der Waals surface area contributed by atoms with Gasteiger partial charge in [0.05, 0.1) is 5.02 Å². The Kier molecular flexibility index (Phi) is 6.63. The molecule has 0 amide bonds. The number of benzene rings is 2. The van der Waals surface area contributed by atoms with E-state index in [9.17, 15) is 4.39 Å². The summed E-state index contributed by atoms with van der Waals surface area (Å²) in [5, 5.41) is 10.2. The first-order valence-electron chi connectivity index (χ1n) is 8.35. The highest BCUT2D eigenvalue weighted by Gasteiger charge is 2.14. The number of halogens is 3. The van der Waals surface area contributed by atoms with Gasteiger partial charge in [0, 0.05) is 17.3 Å². The van der Waals surface area contributed by atoms with Gasteiger partial charge in [0.15, 0.2) is 11.0 Å². The molecule has 0 saturated heterocycles. The fraction of sp³-hybridized carbons (Fsp3) is 0.263. The first-order chi connectivity index (χ1) is 13.0. The number of thioether (sulfide) groups is 1. The zero-order valence-electron chi connectivity index (χ0n) is 14.9. The molecule has 4 nitrogen and oxygen atoms in total. The second-order valence-electron chi connectivity index (χ2n) is 5.89. The minimum Gasteiger partial charge on any atom is -0.484 e. The Balaban J connectivity index is 1.70.